The molecule has 0 radical (unpaired) electrons. The number of benzene rings is 1. The topological polar surface area (TPSA) is 73.0 Å². The number of hydrogen-bond donors (Lipinski definition) is 1. The molecule has 0 saturated carbocycles. The standard InChI is InChI=1S/C14H12N4O2S2/c1-9-2-4-10(5-3-9)12-17-18(14(21)20-12)8-11(19)16-13-15-6-7-22-13/h2-7H,8H2,1H3,(H,15,16,19). The zero-order chi connectivity index (χ0) is 15.5. The molecule has 0 atom stereocenters. The minimum absolute atomic E-state index is 0.0201. The summed E-state index contributed by atoms with van der Waals surface area (Å²) in [6, 6.07) is 7.72. The molecule has 22 heavy (non-hydrogen) atoms. The van der Waals surface area contributed by atoms with E-state index in [0.717, 1.165) is 11.1 Å². The summed E-state index contributed by atoms with van der Waals surface area (Å²) in [7, 11) is 0. The van der Waals surface area contributed by atoms with Crippen LogP contribution in [0.5, 0.6) is 0 Å². The van der Waals surface area contributed by atoms with Gasteiger partial charge in [-0.3, -0.25) is 4.79 Å². The van der Waals surface area contributed by atoms with Crippen LogP contribution >= 0.6 is 23.6 Å². The smallest absolute Gasteiger partial charge is 0.287 e. The molecular formula is C14H12N4O2S2. The predicted molar refractivity (Wildman–Crippen MR) is 86.2 cm³/mol. The van der Waals surface area contributed by atoms with Crippen molar-refractivity contribution in [3.63, 3.8) is 0 Å². The summed E-state index contributed by atoms with van der Waals surface area (Å²) in [5.74, 6) is 0.141. The normalized spacial score (nSPS) is 10.6. The van der Waals surface area contributed by atoms with Crippen LogP contribution < -0.4 is 5.32 Å². The minimum Gasteiger partial charge on any atom is -0.409 e. The van der Waals surface area contributed by atoms with Crippen LogP contribution in [0.15, 0.2) is 40.3 Å². The van der Waals surface area contributed by atoms with Crippen molar-refractivity contribution < 1.29 is 9.21 Å². The first-order valence-electron chi connectivity index (χ1n) is 6.46. The van der Waals surface area contributed by atoms with E-state index in [1.807, 2.05) is 31.2 Å². The number of nitrogens with one attached hydrogen (secondary N) is 1. The first-order valence-corrected chi connectivity index (χ1v) is 7.75. The van der Waals surface area contributed by atoms with Gasteiger partial charge in [0.15, 0.2) is 5.13 Å². The second-order valence-electron chi connectivity index (χ2n) is 4.58. The van der Waals surface area contributed by atoms with Crippen molar-refractivity contribution in [3.05, 3.63) is 46.2 Å². The summed E-state index contributed by atoms with van der Waals surface area (Å²) < 4.78 is 6.80. The summed E-state index contributed by atoms with van der Waals surface area (Å²) in [6.45, 7) is 1.98. The maximum absolute atomic E-state index is 11.9. The quantitative estimate of drug-likeness (QED) is 0.742. The van der Waals surface area contributed by atoms with Crippen LogP contribution in [-0.2, 0) is 11.3 Å². The van der Waals surface area contributed by atoms with Crippen molar-refractivity contribution in [1.29, 1.82) is 0 Å². The van der Waals surface area contributed by atoms with Crippen molar-refractivity contribution >= 4 is 34.6 Å². The number of carbonyl (C=O) groups excluding carboxylic acids is 1. The Morgan fingerprint density at radius 2 is 2.18 bits per heavy atom. The van der Waals surface area contributed by atoms with Crippen LogP contribution in [0.3, 0.4) is 0 Å². The zero-order valence-corrected chi connectivity index (χ0v) is 13.3. The molecule has 1 amide bonds. The van der Waals surface area contributed by atoms with Gasteiger partial charge in [-0.15, -0.1) is 16.4 Å². The minimum atomic E-state index is -0.255. The fourth-order valence-corrected chi connectivity index (χ4v) is 2.53. The van der Waals surface area contributed by atoms with E-state index in [9.17, 15) is 4.79 Å². The van der Waals surface area contributed by atoms with Gasteiger partial charge in [0.05, 0.1) is 0 Å². The zero-order valence-electron chi connectivity index (χ0n) is 11.6. The number of aromatic nitrogens is 3. The monoisotopic (exact) mass is 332 g/mol. The first-order chi connectivity index (χ1) is 10.6. The number of rotatable bonds is 4. The van der Waals surface area contributed by atoms with Crippen molar-refractivity contribution in [2.45, 2.75) is 13.5 Å². The fraction of sp³-hybridized carbons (Fsp3) is 0.143. The van der Waals surface area contributed by atoms with Gasteiger partial charge in [-0.25, -0.2) is 9.67 Å². The molecule has 0 aliphatic heterocycles. The second-order valence-corrected chi connectivity index (χ2v) is 5.83. The third-order valence-electron chi connectivity index (χ3n) is 2.88. The molecule has 2 aromatic heterocycles. The fourth-order valence-electron chi connectivity index (χ4n) is 1.80. The first kappa shape index (κ1) is 14.6. The Kier molecular flexibility index (Phi) is 4.12. The van der Waals surface area contributed by atoms with E-state index >= 15 is 0 Å². The van der Waals surface area contributed by atoms with E-state index in [-0.39, 0.29) is 17.3 Å². The van der Waals surface area contributed by atoms with Crippen LogP contribution in [0.1, 0.15) is 5.56 Å². The maximum atomic E-state index is 11.9. The maximum Gasteiger partial charge on any atom is 0.287 e. The lowest BCUT2D eigenvalue weighted by Crippen LogP contribution is -2.19. The van der Waals surface area contributed by atoms with Crippen molar-refractivity contribution in [1.82, 2.24) is 14.8 Å². The Balaban J connectivity index is 1.76. The molecule has 1 aromatic carbocycles. The van der Waals surface area contributed by atoms with E-state index in [2.05, 4.69) is 15.4 Å². The molecule has 0 aliphatic carbocycles. The highest BCUT2D eigenvalue weighted by molar-refractivity contribution is 7.71. The molecule has 0 aliphatic rings. The van der Waals surface area contributed by atoms with Crippen molar-refractivity contribution in [2.24, 2.45) is 0 Å². The number of anilines is 1. The third kappa shape index (κ3) is 3.29. The molecule has 6 nitrogen and oxygen atoms in total. The average molecular weight is 332 g/mol. The summed E-state index contributed by atoms with van der Waals surface area (Å²) in [4.78, 5) is 16.1. The van der Waals surface area contributed by atoms with Gasteiger partial charge < -0.3 is 9.73 Å². The third-order valence-corrected chi connectivity index (χ3v) is 3.86. The van der Waals surface area contributed by atoms with Crippen LogP contribution in [0, 0.1) is 11.8 Å². The van der Waals surface area contributed by atoms with Crippen LogP contribution in [-0.4, -0.2) is 20.7 Å². The largest absolute Gasteiger partial charge is 0.409 e. The Morgan fingerprint density at radius 3 is 2.86 bits per heavy atom. The molecule has 0 spiro atoms. The summed E-state index contributed by atoms with van der Waals surface area (Å²) in [6.07, 6.45) is 1.62. The Bertz CT molecular complexity index is 835. The molecule has 0 unspecified atom stereocenters. The van der Waals surface area contributed by atoms with Gasteiger partial charge in [0.25, 0.3) is 4.84 Å². The van der Waals surface area contributed by atoms with Crippen LogP contribution in [0.4, 0.5) is 5.13 Å². The second kappa shape index (κ2) is 6.20. The van der Waals surface area contributed by atoms with E-state index < -0.39 is 0 Å². The molecule has 3 rings (SSSR count). The highest BCUT2D eigenvalue weighted by Crippen LogP contribution is 2.18. The molecule has 2 heterocycles. The Hall–Kier alpha value is -2.32. The molecular weight excluding hydrogens is 320 g/mol. The van der Waals surface area contributed by atoms with E-state index in [4.69, 9.17) is 16.6 Å². The molecule has 0 bridgehead atoms. The van der Waals surface area contributed by atoms with Crippen molar-refractivity contribution in [2.75, 3.05) is 5.32 Å². The van der Waals surface area contributed by atoms with Gasteiger partial charge in [-0.2, -0.15) is 0 Å². The molecule has 112 valence electrons. The molecule has 0 fully saturated rings. The lowest BCUT2D eigenvalue weighted by atomic mass is 10.1. The predicted octanol–water partition coefficient (Wildman–Crippen LogP) is 3.28. The number of hydrogen-bond acceptors (Lipinski definition) is 6. The number of carbonyl (C=O) groups is 1. The van der Waals surface area contributed by atoms with Gasteiger partial charge in [0, 0.05) is 17.1 Å². The molecule has 1 N–H and O–H groups in total. The highest BCUT2D eigenvalue weighted by Gasteiger charge is 2.12. The number of aryl methyl sites for hydroxylation is 1. The van der Waals surface area contributed by atoms with Gasteiger partial charge in [-0.1, -0.05) is 17.7 Å². The van der Waals surface area contributed by atoms with E-state index in [1.54, 1.807) is 11.6 Å². The SMILES string of the molecule is Cc1ccc(-c2nn(CC(=O)Nc3nccs3)c(=S)o2)cc1. The van der Waals surface area contributed by atoms with E-state index in [0.29, 0.717) is 11.0 Å². The Morgan fingerprint density at radius 1 is 1.41 bits per heavy atom. The summed E-state index contributed by atoms with van der Waals surface area (Å²) in [5, 5.41) is 9.25. The molecule has 8 heteroatoms. The molecule has 0 saturated heterocycles. The lowest BCUT2D eigenvalue weighted by molar-refractivity contribution is -0.117. The van der Waals surface area contributed by atoms with Gasteiger partial charge in [-0.05, 0) is 31.3 Å². The number of amides is 1. The van der Waals surface area contributed by atoms with Crippen molar-refractivity contribution in [3.8, 4) is 11.5 Å². The lowest BCUT2D eigenvalue weighted by Gasteiger charge is -2.00. The van der Waals surface area contributed by atoms with E-state index in [1.165, 1.54) is 16.0 Å². The van der Waals surface area contributed by atoms with Gasteiger partial charge >= 0.3 is 0 Å². The summed E-state index contributed by atoms with van der Waals surface area (Å²) in [5.41, 5.74) is 1.96. The molecule has 3 aromatic rings. The van der Waals surface area contributed by atoms with Gasteiger partial charge in [0.1, 0.15) is 6.54 Å². The van der Waals surface area contributed by atoms with Crippen LogP contribution in [0.2, 0.25) is 0 Å². The Labute approximate surface area is 135 Å². The highest BCUT2D eigenvalue weighted by atomic mass is 32.1. The summed E-state index contributed by atoms with van der Waals surface area (Å²) >= 11 is 6.45. The number of nitrogens with zero attached hydrogens (tertiary/aromatic N) is 3. The number of thiazole rings is 1. The van der Waals surface area contributed by atoms with Crippen LogP contribution in [0.25, 0.3) is 11.5 Å². The van der Waals surface area contributed by atoms with Gasteiger partial charge in [0.2, 0.25) is 11.8 Å². The average Bonchev–Trinajstić information content (AvgIpc) is 3.10.